The van der Waals surface area contributed by atoms with Crippen molar-refractivity contribution in [3.8, 4) is 16.9 Å². The molecule has 1 aromatic carbocycles. The van der Waals surface area contributed by atoms with E-state index in [1.807, 2.05) is 0 Å². The standard InChI is InChI=1S/C26H25FN4O7/c1-31(2)19-13-7-11-5-10-6-12(9-3-4-30-14(27)8-9)18(28)21(33)15(10)20(32)16(11)23(35)26(13,38)24(36)17(22(19)34)25(29)37/h3-4,6,8,11,13,19,32-33,36,38H,5,7,28H2,1-2H3,(H2,29,37)/t11-,13-,19-,26-/m0/s1. The number of carbonyl (C=O) groups is 3. The number of aromatic hydroxyl groups is 1. The zero-order valence-corrected chi connectivity index (χ0v) is 20.4. The SMILES string of the molecule is CN(C)[C@@H]1C(=O)C(C(N)=O)=C(O)[C@@]2(O)C(=O)C3=C(O)c4c(cc(-c5ccnc(F)c5)c(N)c4O)C[C@H]3C[C@@H]12. The number of aliphatic hydroxyl groups excluding tert-OH is 2. The fourth-order valence-corrected chi connectivity index (χ4v) is 6.12. The third kappa shape index (κ3) is 3.26. The second kappa shape index (κ2) is 8.36. The number of rotatable bonds is 3. The maximum atomic E-state index is 13.8. The Morgan fingerprint density at radius 3 is 2.50 bits per heavy atom. The van der Waals surface area contributed by atoms with E-state index in [0.717, 1.165) is 6.07 Å². The maximum Gasteiger partial charge on any atom is 0.255 e. The zero-order valence-electron chi connectivity index (χ0n) is 20.4. The Hall–Kier alpha value is -4.29. The van der Waals surface area contributed by atoms with Crippen molar-refractivity contribution in [2.24, 2.45) is 17.6 Å². The van der Waals surface area contributed by atoms with Crippen molar-refractivity contribution >= 4 is 28.9 Å². The number of nitrogen functional groups attached to an aromatic ring is 1. The van der Waals surface area contributed by atoms with Crippen LogP contribution in [0.25, 0.3) is 16.9 Å². The third-order valence-corrected chi connectivity index (χ3v) is 7.79. The lowest BCUT2D eigenvalue weighted by atomic mass is 9.57. The molecule has 0 unspecified atom stereocenters. The van der Waals surface area contributed by atoms with Gasteiger partial charge in [0.25, 0.3) is 5.91 Å². The van der Waals surface area contributed by atoms with Gasteiger partial charge in [-0.2, -0.15) is 4.39 Å². The van der Waals surface area contributed by atoms with E-state index in [9.17, 15) is 39.2 Å². The van der Waals surface area contributed by atoms with Crippen molar-refractivity contribution in [3.63, 3.8) is 0 Å². The van der Waals surface area contributed by atoms with Crippen LogP contribution in [-0.4, -0.2) is 73.5 Å². The summed E-state index contributed by atoms with van der Waals surface area (Å²) in [6.07, 6.45) is 1.28. The van der Waals surface area contributed by atoms with Gasteiger partial charge in [0.15, 0.2) is 11.4 Å². The molecule has 0 aliphatic heterocycles. The first-order valence-electron chi connectivity index (χ1n) is 11.7. The lowest BCUT2D eigenvalue weighted by Crippen LogP contribution is -2.65. The van der Waals surface area contributed by atoms with E-state index in [1.165, 1.54) is 31.3 Å². The van der Waals surface area contributed by atoms with Gasteiger partial charge in [0.1, 0.15) is 22.8 Å². The molecule has 1 heterocycles. The topological polar surface area (TPSA) is 200 Å². The van der Waals surface area contributed by atoms with Gasteiger partial charge in [-0.15, -0.1) is 0 Å². The van der Waals surface area contributed by atoms with Crippen LogP contribution in [0.5, 0.6) is 5.75 Å². The number of benzene rings is 1. The Bertz CT molecular complexity index is 1520. The number of aliphatic hydroxyl groups is 3. The normalized spacial score (nSPS) is 26.8. The van der Waals surface area contributed by atoms with E-state index in [-0.39, 0.29) is 35.2 Å². The molecule has 8 N–H and O–H groups in total. The van der Waals surface area contributed by atoms with E-state index in [2.05, 4.69) is 4.98 Å². The summed E-state index contributed by atoms with van der Waals surface area (Å²) in [5.74, 6) is -8.30. The monoisotopic (exact) mass is 524 g/mol. The number of amides is 1. The van der Waals surface area contributed by atoms with Crippen molar-refractivity contribution in [1.29, 1.82) is 0 Å². The number of pyridine rings is 1. The molecule has 11 nitrogen and oxygen atoms in total. The first-order chi connectivity index (χ1) is 17.8. The van der Waals surface area contributed by atoms with Crippen LogP contribution in [0.15, 0.2) is 41.3 Å². The second-order valence-corrected chi connectivity index (χ2v) is 10.0. The number of halogens is 1. The Morgan fingerprint density at radius 2 is 1.89 bits per heavy atom. The molecule has 2 aromatic rings. The summed E-state index contributed by atoms with van der Waals surface area (Å²) in [4.78, 5) is 43.9. The molecule has 3 aliphatic rings. The summed E-state index contributed by atoms with van der Waals surface area (Å²) < 4.78 is 13.8. The van der Waals surface area contributed by atoms with Crippen LogP contribution < -0.4 is 11.5 Å². The van der Waals surface area contributed by atoms with E-state index < -0.39 is 69.7 Å². The zero-order chi connectivity index (χ0) is 27.8. The maximum absolute atomic E-state index is 13.8. The Morgan fingerprint density at radius 1 is 1.21 bits per heavy atom. The molecule has 0 radical (unpaired) electrons. The number of phenols is 1. The van der Waals surface area contributed by atoms with Gasteiger partial charge in [-0.25, -0.2) is 4.98 Å². The number of carbonyl (C=O) groups excluding carboxylic acids is 3. The van der Waals surface area contributed by atoms with Gasteiger partial charge in [-0.3, -0.25) is 19.3 Å². The van der Waals surface area contributed by atoms with Crippen molar-refractivity contribution in [2.45, 2.75) is 24.5 Å². The summed E-state index contributed by atoms with van der Waals surface area (Å²) in [6, 6.07) is 3.01. The van der Waals surface area contributed by atoms with E-state index >= 15 is 0 Å². The highest BCUT2D eigenvalue weighted by molar-refractivity contribution is 6.24. The average Bonchev–Trinajstić information content (AvgIpc) is 2.83. The molecule has 4 atom stereocenters. The van der Waals surface area contributed by atoms with Crippen molar-refractivity contribution in [3.05, 3.63) is 58.4 Å². The number of hydrogen-bond donors (Lipinski definition) is 6. The average molecular weight is 525 g/mol. The van der Waals surface area contributed by atoms with Crippen molar-refractivity contribution < 1.29 is 39.2 Å². The molecule has 5 rings (SSSR count). The summed E-state index contributed by atoms with van der Waals surface area (Å²) >= 11 is 0. The summed E-state index contributed by atoms with van der Waals surface area (Å²) in [5.41, 5.74) is 8.23. The Balaban J connectivity index is 1.72. The smallest absolute Gasteiger partial charge is 0.255 e. The molecule has 198 valence electrons. The van der Waals surface area contributed by atoms with Crippen molar-refractivity contribution in [1.82, 2.24) is 9.88 Å². The fraction of sp³-hybridized carbons (Fsp3) is 0.308. The molecule has 38 heavy (non-hydrogen) atoms. The van der Waals surface area contributed by atoms with Crippen LogP contribution in [0.1, 0.15) is 17.5 Å². The van der Waals surface area contributed by atoms with Crippen LogP contribution in [0.4, 0.5) is 10.1 Å². The molecule has 1 saturated carbocycles. The van der Waals surface area contributed by atoms with Gasteiger partial charge in [0, 0.05) is 29.3 Å². The number of Topliss-reactive ketones (excluding diaryl/α,β-unsaturated/α-hetero) is 2. The number of nitrogens with two attached hydrogens (primary N) is 2. The molecule has 1 fully saturated rings. The van der Waals surface area contributed by atoms with Crippen molar-refractivity contribution in [2.75, 3.05) is 19.8 Å². The van der Waals surface area contributed by atoms with Gasteiger partial charge in [0.05, 0.1) is 17.3 Å². The number of aromatic nitrogens is 1. The highest BCUT2D eigenvalue weighted by Crippen LogP contribution is 2.54. The molecular formula is C26H25FN4O7. The summed E-state index contributed by atoms with van der Waals surface area (Å²) in [7, 11) is 3.04. The highest BCUT2D eigenvalue weighted by Gasteiger charge is 2.64. The van der Waals surface area contributed by atoms with Crippen LogP contribution in [0, 0.1) is 17.8 Å². The predicted octanol–water partition coefficient (Wildman–Crippen LogP) is 0.747. The van der Waals surface area contributed by atoms with Crippen LogP contribution in [0.2, 0.25) is 0 Å². The number of anilines is 1. The first-order valence-corrected chi connectivity index (χ1v) is 11.7. The minimum absolute atomic E-state index is 0.0455. The molecule has 1 amide bonds. The van der Waals surface area contributed by atoms with Gasteiger partial charge in [-0.05, 0) is 56.1 Å². The molecule has 0 bridgehead atoms. The van der Waals surface area contributed by atoms with Gasteiger partial charge < -0.3 is 31.9 Å². The van der Waals surface area contributed by atoms with E-state index in [0.29, 0.717) is 11.1 Å². The molecule has 1 aromatic heterocycles. The van der Waals surface area contributed by atoms with Gasteiger partial charge >= 0.3 is 0 Å². The number of phenolic OH excluding ortho intramolecular Hbond substituents is 1. The second-order valence-electron chi connectivity index (χ2n) is 10.0. The lowest BCUT2D eigenvalue weighted by molar-refractivity contribution is -0.153. The lowest BCUT2D eigenvalue weighted by Gasteiger charge is -2.50. The number of primary amides is 1. The highest BCUT2D eigenvalue weighted by atomic mass is 19.1. The van der Waals surface area contributed by atoms with E-state index in [1.54, 1.807) is 6.07 Å². The quantitative estimate of drug-likeness (QED) is 0.144. The van der Waals surface area contributed by atoms with Gasteiger partial charge in [0.2, 0.25) is 11.7 Å². The number of hydrogen-bond acceptors (Lipinski definition) is 10. The predicted molar refractivity (Wildman–Crippen MR) is 132 cm³/mol. The molecular weight excluding hydrogens is 499 g/mol. The molecule has 0 spiro atoms. The molecule has 12 heteroatoms. The summed E-state index contributed by atoms with van der Waals surface area (Å²) in [6.45, 7) is 0. The Labute approximate surface area is 215 Å². The first kappa shape index (κ1) is 25.4. The van der Waals surface area contributed by atoms with E-state index in [4.69, 9.17) is 11.5 Å². The number of likely N-dealkylation sites (N-methyl/N-ethyl adjacent to an activating group) is 1. The van der Waals surface area contributed by atoms with Crippen LogP contribution >= 0.6 is 0 Å². The molecule has 3 aliphatic carbocycles. The van der Waals surface area contributed by atoms with Crippen LogP contribution in [-0.2, 0) is 20.8 Å². The Kier molecular flexibility index (Phi) is 5.58. The van der Waals surface area contributed by atoms with Crippen LogP contribution in [0.3, 0.4) is 0 Å². The minimum atomic E-state index is -2.72. The number of ketones is 2. The number of fused-ring (bicyclic) bond motifs is 3. The largest absolute Gasteiger partial charge is 0.508 e. The minimum Gasteiger partial charge on any atom is -0.508 e. The molecule has 0 saturated heterocycles. The summed E-state index contributed by atoms with van der Waals surface area (Å²) in [5, 5.41) is 44.6. The fourth-order valence-electron chi connectivity index (χ4n) is 6.12. The van der Waals surface area contributed by atoms with Gasteiger partial charge in [-0.1, -0.05) is 0 Å². The number of nitrogens with zero attached hydrogens (tertiary/aromatic N) is 2. The third-order valence-electron chi connectivity index (χ3n) is 7.79.